The van der Waals surface area contributed by atoms with Gasteiger partial charge in [-0.1, -0.05) is 18.2 Å². The van der Waals surface area contributed by atoms with E-state index in [1.165, 1.54) is 10.8 Å². The van der Waals surface area contributed by atoms with Crippen molar-refractivity contribution in [1.82, 2.24) is 0 Å². The van der Waals surface area contributed by atoms with Crippen molar-refractivity contribution in [2.45, 2.75) is 0 Å². The van der Waals surface area contributed by atoms with Crippen molar-refractivity contribution >= 4 is 33.8 Å². The Hall–Kier alpha value is -0.254. The van der Waals surface area contributed by atoms with Gasteiger partial charge in [-0.15, -0.1) is 29.0 Å². The van der Waals surface area contributed by atoms with Gasteiger partial charge in [0.2, 0.25) is 0 Å². The molecule has 2 aromatic rings. The smallest absolute Gasteiger partial charge is 1.00 e. The van der Waals surface area contributed by atoms with Crippen LogP contribution in [0.3, 0.4) is 0 Å². The molecule has 0 atom stereocenters. The first-order valence-corrected chi connectivity index (χ1v) is 3.84. The largest absolute Gasteiger partial charge is 2.00 e. The number of ether oxygens (including phenoxy) is 1. The Kier molecular flexibility index (Phi) is 6.16. The molecule has 0 amide bonds. The summed E-state index contributed by atoms with van der Waals surface area (Å²) in [5.41, 5.74) is 0. The van der Waals surface area contributed by atoms with Crippen molar-refractivity contribution < 1.29 is 21.7 Å². The molecule has 0 aliphatic carbocycles. The predicted molar refractivity (Wildman–Crippen MR) is 55.1 cm³/mol. The van der Waals surface area contributed by atoms with Crippen LogP contribution in [-0.2, 0) is 0 Å². The number of hydrogen-bond donors (Lipinski definition) is 0. The van der Waals surface area contributed by atoms with E-state index in [2.05, 4.69) is 18.2 Å². The van der Waals surface area contributed by atoms with Crippen molar-refractivity contribution in [3.63, 3.8) is 0 Å². The molecule has 0 saturated carbocycles. The van der Waals surface area contributed by atoms with E-state index in [1.54, 1.807) is 7.11 Å². The van der Waals surface area contributed by atoms with Crippen LogP contribution in [0.5, 0.6) is 5.75 Å². The Morgan fingerprint density at radius 3 is 2.43 bits per heavy atom. The first-order chi connectivity index (χ1) is 5.90. The van der Waals surface area contributed by atoms with Crippen LogP contribution in [0.25, 0.3) is 10.8 Å². The quantitative estimate of drug-likeness (QED) is 0.486. The van der Waals surface area contributed by atoms with E-state index < -0.39 is 0 Å². The SMILES string of the molecule is COc1[c-]cc2ccccc2c1.[Br-].[Mg+2]. The maximum Gasteiger partial charge on any atom is 2.00 e. The predicted octanol–water partition coefficient (Wildman–Crippen LogP) is -0.728. The van der Waals surface area contributed by atoms with Crippen LogP contribution in [-0.4, -0.2) is 30.2 Å². The first kappa shape index (κ1) is 13.7. The van der Waals surface area contributed by atoms with Crippen molar-refractivity contribution in [3.05, 3.63) is 42.5 Å². The minimum atomic E-state index is 0. The Morgan fingerprint density at radius 2 is 1.79 bits per heavy atom. The number of hydrogen-bond acceptors (Lipinski definition) is 1. The zero-order valence-electron chi connectivity index (χ0n) is 7.96. The van der Waals surface area contributed by atoms with E-state index in [4.69, 9.17) is 4.74 Å². The van der Waals surface area contributed by atoms with Crippen LogP contribution in [0.15, 0.2) is 36.4 Å². The number of methoxy groups -OCH3 is 1. The number of halogens is 1. The van der Waals surface area contributed by atoms with Gasteiger partial charge in [0, 0.05) is 5.75 Å². The molecule has 0 unspecified atom stereocenters. The van der Waals surface area contributed by atoms with Crippen molar-refractivity contribution in [1.29, 1.82) is 0 Å². The second kappa shape index (κ2) is 6.27. The molecule has 0 aliphatic rings. The van der Waals surface area contributed by atoms with E-state index in [1.807, 2.05) is 24.3 Å². The standard InChI is InChI=1S/C11H9O.BrH.Mg/c1-12-11-7-6-9-4-2-3-5-10(9)8-11;;/h2-6,8H,1H3;1H;/q-1;;+2/p-1. The molecule has 3 heteroatoms. The third kappa shape index (κ3) is 2.87. The number of fused-ring (bicyclic) bond motifs is 1. The first-order valence-electron chi connectivity index (χ1n) is 3.84. The summed E-state index contributed by atoms with van der Waals surface area (Å²) in [5.74, 6) is 0.786. The molecule has 0 heterocycles. The molecular formula is C11H9BrMgO. The zero-order valence-corrected chi connectivity index (χ0v) is 11.0. The van der Waals surface area contributed by atoms with Crippen LogP contribution < -0.4 is 21.7 Å². The summed E-state index contributed by atoms with van der Waals surface area (Å²) in [6.07, 6.45) is 0. The molecule has 0 radical (unpaired) electrons. The molecule has 0 fully saturated rings. The van der Waals surface area contributed by atoms with Crippen LogP contribution in [0.4, 0.5) is 0 Å². The van der Waals surface area contributed by atoms with Crippen molar-refractivity contribution in [3.8, 4) is 5.75 Å². The van der Waals surface area contributed by atoms with Gasteiger partial charge in [0.1, 0.15) is 0 Å². The summed E-state index contributed by atoms with van der Waals surface area (Å²) in [4.78, 5) is 0. The van der Waals surface area contributed by atoms with Crippen LogP contribution in [0.1, 0.15) is 0 Å². The van der Waals surface area contributed by atoms with Crippen LogP contribution >= 0.6 is 0 Å². The summed E-state index contributed by atoms with van der Waals surface area (Å²) in [6, 6.07) is 15.1. The average Bonchev–Trinajstić information content (AvgIpc) is 2.17. The third-order valence-corrected chi connectivity index (χ3v) is 1.87. The topological polar surface area (TPSA) is 9.23 Å². The van der Waals surface area contributed by atoms with Crippen molar-refractivity contribution in [2.75, 3.05) is 7.11 Å². The Labute approximate surface area is 110 Å². The Bertz CT molecular complexity index is 403. The molecule has 0 aromatic heterocycles. The molecule has 0 aliphatic heterocycles. The Morgan fingerprint density at radius 1 is 1.14 bits per heavy atom. The van der Waals surface area contributed by atoms with Crippen molar-refractivity contribution in [2.24, 2.45) is 0 Å². The molecule has 0 N–H and O–H groups in total. The molecule has 2 rings (SSSR count). The summed E-state index contributed by atoms with van der Waals surface area (Å²) in [5, 5.41) is 2.38. The molecular weight excluding hydrogens is 252 g/mol. The minimum Gasteiger partial charge on any atom is -1.00 e. The van der Waals surface area contributed by atoms with E-state index in [-0.39, 0.29) is 40.0 Å². The van der Waals surface area contributed by atoms with E-state index in [9.17, 15) is 0 Å². The summed E-state index contributed by atoms with van der Waals surface area (Å²) in [7, 11) is 1.65. The number of benzene rings is 2. The van der Waals surface area contributed by atoms with Gasteiger partial charge in [-0.3, -0.25) is 0 Å². The van der Waals surface area contributed by atoms with E-state index >= 15 is 0 Å². The second-order valence-electron chi connectivity index (χ2n) is 2.63. The molecule has 2 aromatic carbocycles. The maximum absolute atomic E-state index is 5.07. The van der Waals surface area contributed by atoms with Gasteiger partial charge < -0.3 is 21.7 Å². The second-order valence-corrected chi connectivity index (χ2v) is 2.63. The van der Waals surface area contributed by atoms with Crippen LogP contribution in [0, 0.1) is 6.07 Å². The Balaban J connectivity index is 0.000000845. The van der Waals surface area contributed by atoms with Gasteiger partial charge in [-0.2, -0.15) is 6.07 Å². The molecule has 14 heavy (non-hydrogen) atoms. The van der Waals surface area contributed by atoms with Gasteiger partial charge >= 0.3 is 23.1 Å². The van der Waals surface area contributed by atoms with Gasteiger partial charge in [0.15, 0.2) is 0 Å². The molecule has 68 valence electrons. The minimum absolute atomic E-state index is 0. The summed E-state index contributed by atoms with van der Waals surface area (Å²) in [6.45, 7) is 0. The maximum atomic E-state index is 5.07. The normalized spacial score (nSPS) is 8.64. The zero-order chi connectivity index (χ0) is 8.39. The van der Waals surface area contributed by atoms with E-state index in [0.29, 0.717) is 0 Å². The summed E-state index contributed by atoms with van der Waals surface area (Å²) < 4.78 is 5.07. The van der Waals surface area contributed by atoms with Gasteiger partial charge in [-0.25, -0.2) is 0 Å². The third-order valence-electron chi connectivity index (χ3n) is 1.87. The van der Waals surface area contributed by atoms with Gasteiger partial charge in [0.05, 0.1) is 7.11 Å². The monoisotopic (exact) mass is 260 g/mol. The number of rotatable bonds is 1. The molecule has 0 saturated heterocycles. The molecule has 1 nitrogen and oxygen atoms in total. The molecule has 0 spiro atoms. The van der Waals surface area contributed by atoms with E-state index in [0.717, 1.165) is 5.75 Å². The molecule has 0 bridgehead atoms. The fraction of sp³-hybridized carbons (Fsp3) is 0.0909. The van der Waals surface area contributed by atoms with Crippen LogP contribution in [0.2, 0.25) is 0 Å². The average molecular weight is 261 g/mol. The van der Waals surface area contributed by atoms with Gasteiger partial charge in [0.25, 0.3) is 0 Å². The van der Waals surface area contributed by atoms with Gasteiger partial charge in [-0.05, 0) is 0 Å². The fourth-order valence-electron chi connectivity index (χ4n) is 1.22. The fourth-order valence-corrected chi connectivity index (χ4v) is 1.22. The summed E-state index contributed by atoms with van der Waals surface area (Å²) >= 11 is 0.